The van der Waals surface area contributed by atoms with Crippen LogP contribution in [-0.4, -0.2) is 22.5 Å². The van der Waals surface area contributed by atoms with E-state index >= 15 is 0 Å². The summed E-state index contributed by atoms with van der Waals surface area (Å²) < 4.78 is 0. The van der Waals surface area contributed by atoms with Crippen LogP contribution in [-0.2, 0) is 0 Å². The monoisotopic (exact) mass is 185 g/mol. The van der Waals surface area contributed by atoms with Gasteiger partial charge in [0.1, 0.15) is 5.82 Å². The molecule has 0 unspecified atom stereocenters. The van der Waals surface area contributed by atoms with E-state index in [2.05, 4.69) is 4.98 Å². The lowest BCUT2D eigenvalue weighted by molar-refractivity contribution is 0.322. The molecule has 0 aliphatic rings. The fraction of sp³-hybridized carbons (Fsp3) is 0.286. The van der Waals surface area contributed by atoms with E-state index in [1.807, 2.05) is 0 Å². The number of thioether (sulfide) groups is 1. The van der Waals surface area contributed by atoms with Gasteiger partial charge in [0, 0.05) is 5.75 Å². The minimum absolute atomic E-state index is 0.136. The first-order valence-corrected chi connectivity index (χ1v) is 4.48. The molecule has 0 atom stereocenters. The number of nitrogens with zero attached hydrogens (tertiary/aromatic N) is 1. The van der Waals surface area contributed by atoms with Gasteiger partial charge in [0.15, 0.2) is 0 Å². The summed E-state index contributed by atoms with van der Waals surface area (Å²) in [7, 11) is 0. The second-order valence-corrected chi connectivity index (χ2v) is 3.31. The normalized spacial score (nSPS) is 10.1. The van der Waals surface area contributed by atoms with Gasteiger partial charge in [-0.15, -0.1) is 11.8 Å². The lowest BCUT2D eigenvalue weighted by Crippen LogP contribution is -1.98. The first-order valence-electron chi connectivity index (χ1n) is 3.49. The highest BCUT2D eigenvalue weighted by atomic mass is 32.2. The Labute approximate surface area is 75.0 Å². The van der Waals surface area contributed by atoms with Gasteiger partial charge in [-0.1, -0.05) is 0 Å². The average molecular weight is 185 g/mol. The summed E-state index contributed by atoms with van der Waals surface area (Å²) in [6, 6.07) is 3.49. The maximum atomic E-state index is 8.55. The number of hydrogen-bond acceptors (Lipinski definition) is 5. The minimum Gasteiger partial charge on any atom is -0.396 e. The number of pyridine rings is 1. The van der Waals surface area contributed by atoms with Crippen molar-refractivity contribution in [2.45, 2.75) is 5.03 Å². The number of aliphatic hydroxyl groups excluding tert-OH is 1. The number of nitrogens with two attached hydrogens (primary N) is 2. The third kappa shape index (κ3) is 2.28. The van der Waals surface area contributed by atoms with Crippen LogP contribution in [0.25, 0.3) is 0 Å². The van der Waals surface area contributed by atoms with Gasteiger partial charge in [-0.2, -0.15) is 0 Å². The second-order valence-electron chi connectivity index (χ2n) is 2.20. The predicted molar refractivity (Wildman–Crippen MR) is 50.9 cm³/mol. The van der Waals surface area contributed by atoms with E-state index in [0.29, 0.717) is 17.3 Å². The van der Waals surface area contributed by atoms with E-state index in [1.165, 1.54) is 11.8 Å². The zero-order valence-electron chi connectivity index (χ0n) is 6.53. The summed E-state index contributed by atoms with van der Waals surface area (Å²) in [5, 5.41) is 9.33. The molecule has 5 N–H and O–H groups in total. The fourth-order valence-electron chi connectivity index (χ4n) is 0.698. The molecular weight excluding hydrogens is 174 g/mol. The third-order valence-electron chi connectivity index (χ3n) is 1.27. The first kappa shape index (κ1) is 9.15. The van der Waals surface area contributed by atoms with Crippen LogP contribution in [0.5, 0.6) is 0 Å². The van der Waals surface area contributed by atoms with Crippen molar-refractivity contribution in [2.24, 2.45) is 0 Å². The van der Waals surface area contributed by atoms with Crippen LogP contribution in [0.4, 0.5) is 11.5 Å². The maximum Gasteiger partial charge on any atom is 0.147 e. The maximum absolute atomic E-state index is 8.55. The van der Waals surface area contributed by atoms with Gasteiger partial charge in [-0.25, -0.2) is 4.98 Å². The largest absolute Gasteiger partial charge is 0.396 e. The molecule has 1 heterocycles. The molecule has 66 valence electrons. The molecular formula is C7H11N3OS. The predicted octanol–water partition coefficient (Wildman–Crippen LogP) is 0.330. The molecule has 0 bridgehead atoms. The topological polar surface area (TPSA) is 85.2 Å². The van der Waals surface area contributed by atoms with E-state index < -0.39 is 0 Å². The molecule has 0 spiro atoms. The summed E-state index contributed by atoms with van der Waals surface area (Å²) in [5.41, 5.74) is 11.4. The Kier molecular flexibility index (Phi) is 3.19. The van der Waals surface area contributed by atoms with Crippen molar-refractivity contribution >= 4 is 23.3 Å². The standard InChI is InChI=1S/C7H11N3OS/c8-5-1-2-6(10-7(5)9)12-4-3-11/h1-2,11H,3-4,8H2,(H2,9,10). The molecule has 0 aliphatic heterocycles. The van der Waals surface area contributed by atoms with Crippen molar-refractivity contribution in [2.75, 3.05) is 23.8 Å². The van der Waals surface area contributed by atoms with E-state index in [1.54, 1.807) is 12.1 Å². The Morgan fingerprint density at radius 3 is 2.75 bits per heavy atom. The summed E-state index contributed by atoms with van der Waals surface area (Å²) in [6.07, 6.45) is 0. The molecule has 0 amide bonds. The van der Waals surface area contributed by atoms with Crippen LogP contribution in [0.2, 0.25) is 0 Å². The Bertz CT molecular complexity index is 267. The van der Waals surface area contributed by atoms with Crippen molar-refractivity contribution < 1.29 is 5.11 Å². The number of hydrogen-bond donors (Lipinski definition) is 3. The van der Waals surface area contributed by atoms with Gasteiger partial charge in [0.2, 0.25) is 0 Å². The van der Waals surface area contributed by atoms with Crippen molar-refractivity contribution in [1.82, 2.24) is 4.98 Å². The van der Waals surface area contributed by atoms with Crippen molar-refractivity contribution in [3.63, 3.8) is 0 Å². The molecule has 5 heteroatoms. The molecule has 1 rings (SSSR count). The quantitative estimate of drug-likeness (QED) is 0.591. The minimum atomic E-state index is 0.136. The molecule has 0 fully saturated rings. The number of aliphatic hydroxyl groups is 1. The molecule has 0 radical (unpaired) electrons. The number of aromatic nitrogens is 1. The fourth-order valence-corrected chi connectivity index (χ4v) is 1.33. The number of anilines is 2. The highest BCUT2D eigenvalue weighted by Gasteiger charge is 1.98. The lowest BCUT2D eigenvalue weighted by atomic mass is 10.4. The zero-order chi connectivity index (χ0) is 8.97. The van der Waals surface area contributed by atoms with E-state index in [9.17, 15) is 0 Å². The van der Waals surface area contributed by atoms with Crippen LogP contribution in [0.15, 0.2) is 17.2 Å². The van der Waals surface area contributed by atoms with E-state index in [-0.39, 0.29) is 6.61 Å². The molecule has 12 heavy (non-hydrogen) atoms. The Hall–Kier alpha value is -0.940. The van der Waals surface area contributed by atoms with Gasteiger partial charge in [-0.05, 0) is 12.1 Å². The van der Waals surface area contributed by atoms with Gasteiger partial charge in [0.05, 0.1) is 17.3 Å². The molecule has 4 nitrogen and oxygen atoms in total. The lowest BCUT2D eigenvalue weighted by Gasteiger charge is -2.01. The SMILES string of the molecule is Nc1ccc(SCCO)nc1N. The summed E-state index contributed by atoms with van der Waals surface area (Å²) in [5.74, 6) is 0.967. The smallest absolute Gasteiger partial charge is 0.147 e. The van der Waals surface area contributed by atoms with Crippen LogP contribution >= 0.6 is 11.8 Å². The van der Waals surface area contributed by atoms with Crippen LogP contribution in [0, 0.1) is 0 Å². The highest BCUT2D eigenvalue weighted by molar-refractivity contribution is 7.99. The van der Waals surface area contributed by atoms with Gasteiger partial charge in [-0.3, -0.25) is 0 Å². The summed E-state index contributed by atoms with van der Waals surface area (Å²) in [4.78, 5) is 4.01. The molecule has 1 aromatic heterocycles. The van der Waals surface area contributed by atoms with Crippen LogP contribution in [0.1, 0.15) is 0 Å². The average Bonchev–Trinajstić information content (AvgIpc) is 2.07. The molecule has 0 aromatic carbocycles. The highest BCUT2D eigenvalue weighted by Crippen LogP contribution is 2.19. The van der Waals surface area contributed by atoms with E-state index in [4.69, 9.17) is 16.6 Å². The first-order chi connectivity index (χ1) is 5.74. The van der Waals surface area contributed by atoms with Crippen molar-refractivity contribution in [1.29, 1.82) is 0 Å². The number of rotatable bonds is 3. The van der Waals surface area contributed by atoms with Crippen LogP contribution < -0.4 is 11.5 Å². The number of nitrogen functional groups attached to an aromatic ring is 2. The zero-order valence-corrected chi connectivity index (χ0v) is 7.34. The van der Waals surface area contributed by atoms with Gasteiger partial charge < -0.3 is 16.6 Å². The van der Waals surface area contributed by atoms with E-state index in [0.717, 1.165) is 5.03 Å². The van der Waals surface area contributed by atoms with Gasteiger partial charge in [0.25, 0.3) is 0 Å². The van der Waals surface area contributed by atoms with Crippen LogP contribution in [0.3, 0.4) is 0 Å². The molecule has 0 saturated carbocycles. The van der Waals surface area contributed by atoms with Gasteiger partial charge >= 0.3 is 0 Å². The third-order valence-corrected chi connectivity index (χ3v) is 2.18. The molecule has 1 aromatic rings. The summed E-state index contributed by atoms with van der Waals surface area (Å²) >= 11 is 1.45. The molecule has 0 aliphatic carbocycles. The molecule has 0 saturated heterocycles. The Morgan fingerprint density at radius 2 is 2.17 bits per heavy atom. The Morgan fingerprint density at radius 1 is 1.42 bits per heavy atom. The van der Waals surface area contributed by atoms with Crippen molar-refractivity contribution in [3.8, 4) is 0 Å². The summed E-state index contributed by atoms with van der Waals surface area (Å²) in [6.45, 7) is 0.136. The Balaban J connectivity index is 2.69. The van der Waals surface area contributed by atoms with Crippen molar-refractivity contribution in [3.05, 3.63) is 12.1 Å². The second kappa shape index (κ2) is 4.18.